The van der Waals surface area contributed by atoms with Crippen molar-refractivity contribution in [3.8, 4) is 21.1 Å². The molecule has 0 atom stereocenters. The number of hydrogen-bond donors (Lipinski definition) is 7. The molecule has 0 saturated heterocycles. The molecule has 0 aliphatic heterocycles. The maximum atomic E-state index is 12.6. The van der Waals surface area contributed by atoms with Crippen LogP contribution in [0.4, 0.5) is 0 Å². The van der Waals surface area contributed by atoms with E-state index in [1.165, 1.54) is 17.5 Å². The number of aromatic amines is 3. The molecule has 0 radical (unpaired) electrons. The minimum absolute atomic E-state index is 0.199. The van der Waals surface area contributed by atoms with Gasteiger partial charge in [0.1, 0.15) is 5.69 Å². The lowest BCUT2D eigenvalue weighted by Crippen LogP contribution is -2.30. The largest absolute Gasteiger partial charge is 0.351 e. The smallest absolute Gasteiger partial charge is 0.273 e. The van der Waals surface area contributed by atoms with Gasteiger partial charge in [-0.1, -0.05) is 6.07 Å². The predicted molar refractivity (Wildman–Crippen MR) is 180 cm³/mol. The molecule has 0 spiro atoms. The Kier molecular flexibility index (Phi) is 10.6. The van der Waals surface area contributed by atoms with Crippen LogP contribution in [-0.2, 0) is 6.54 Å². The van der Waals surface area contributed by atoms with Crippen LogP contribution < -0.4 is 21.3 Å². The van der Waals surface area contributed by atoms with E-state index in [1.54, 1.807) is 36.0 Å². The van der Waals surface area contributed by atoms with Gasteiger partial charge in [0.2, 0.25) is 0 Å². The van der Waals surface area contributed by atoms with Gasteiger partial charge in [-0.05, 0) is 53.4 Å². The molecular formula is C30H31N13O4S2. The van der Waals surface area contributed by atoms with E-state index in [9.17, 15) is 19.2 Å². The SMILES string of the molecule is O=C(NCCCNC(=O)c1cc(-c2cccs2)[nH]n1)c1cn(Cc2csc(-c3cc(C(=O)NCCCNC(=O)c4cn[nH]n4)n[nH]3)c2)cn1. The van der Waals surface area contributed by atoms with Crippen LogP contribution in [0.1, 0.15) is 60.4 Å². The van der Waals surface area contributed by atoms with E-state index in [-0.39, 0.29) is 35.0 Å². The second kappa shape index (κ2) is 15.8. The van der Waals surface area contributed by atoms with Gasteiger partial charge in [0.05, 0.1) is 33.7 Å². The van der Waals surface area contributed by atoms with Crippen molar-refractivity contribution in [1.29, 1.82) is 0 Å². The molecule has 6 rings (SSSR count). The highest BCUT2D eigenvalue weighted by Crippen LogP contribution is 2.27. The Balaban J connectivity index is 0.887. The Bertz CT molecular complexity index is 2010. The Morgan fingerprint density at radius 3 is 1.92 bits per heavy atom. The molecule has 6 aromatic rings. The lowest BCUT2D eigenvalue weighted by molar-refractivity contribution is 0.0930. The second-order valence-electron chi connectivity index (χ2n) is 10.6. The van der Waals surface area contributed by atoms with E-state index < -0.39 is 0 Å². The first kappa shape index (κ1) is 33.0. The summed E-state index contributed by atoms with van der Waals surface area (Å²) in [4.78, 5) is 55.5. The minimum atomic E-state index is -0.340. The number of hydrogen-bond acceptors (Lipinski definition) is 11. The zero-order chi connectivity index (χ0) is 34.0. The molecule has 252 valence electrons. The third kappa shape index (κ3) is 8.70. The highest BCUT2D eigenvalue weighted by molar-refractivity contribution is 7.13. The molecular weight excluding hydrogens is 671 g/mol. The first-order valence-corrected chi connectivity index (χ1v) is 16.9. The number of nitrogens with one attached hydrogen (secondary N) is 7. The number of imidazole rings is 1. The van der Waals surface area contributed by atoms with Gasteiger partial charge in [0.15, 0.2) is 17.1 Å². The molecule has 19 heteroatoms. The number of amides is 4. The average molecular weight is 702 g/mol. The molecule has 49 heavy (non-hydrogen) atoms. The number of H-pyrrole nitrogens is 3. The number of nitrogens with zero attached hydrogens (tertiary/aromatic N) is 6. The lowest BCUT2D eigenvalue weighted by Gasteiger charge is -2.04. The van der Waals surface area contributed by atoms with Crippen LogP contribution in [0.3, 0.4) is 0 Å². The van der Waals surface area contributed by atoms with Gasteiger partial charge < -0.3 is 25.8 Å². The van der Waals surface area contributed by atoms with E-state index in [0.29, 0.717) is 62.6 Å². The van der Waals surface area contributed by atoms with E-state index in [1.807, 2.05) is 33.5 Å². The van der Waals surface area contributed by atoms with Crippen molar-refractivity contribution in [2.45, 2.75) is 19.4 Å². The summed E-state index contributed by atoms with van der Waals surface area (Å²) in [6.07, 6.45) is 5.68. The molecule has 6 heterocycles. The van der Waals surface area contributed by atoms with Gasteiger partial charge in [0.25, 0.3) is 23.6 Å². The highest BCUT2D eigenvalue weighted by atomic mass is 32.1. The van der Waals surface area contributed by atoms with E-state index in [2.05, 4.69) is 62.1 Å². The summed E-state index contributed by atoms with van der Waals surface area (Å²) in [5.74, 6) is -1.25. The summed E-state index contributed by atoms with van der Waals surface area (Å²) in [6, 6.07) is 9.26. The van der Waals surface area contributed by atoms with Crippen LogP contribution in [-0.4, -0.2) is 95.2 Å². The van der Waals surface area contributed by atoms with Crippen molar-refractivity contribution >= 4 is 46.3 Å². The van der Waals surface area contributed by atoms with Crippen molar-refractivity contribution in [2.75, 3.05) is 26.2 Å². The summed E-state index contributed by atoms with van der Waals surface area (Å²) >= 11 is 3.06. The maximum absolute atomic E-state index is 12.6. The maximum Gasteiger partial charge on any atom is 0.273 e. The van der Waals surface area contributed by atoms with Crippen LogP contribution >= 0.6 is 22.7 Å². The van der Waals surface area contributed by atoms with Crippen LogP contribution in [0.15, 0.2) is 59.8 Å². The summed E-state index contributed by atoms with van der Waals surface area (Å²) in [7, 11) is 0. The molecule has 0 aliphatic carbocycles. The summed E-state index contributed by atoms with van der Waals surface area (Å²) in [5.41, 5.74) is 3.54. The molecule has 0 aromatic carbocycles. The number of carbonyl (C=O) groups is 4. The fraction of sp³-hybridized carbons (Fsp3) is 0.233. The van der Waals surface area contributed by atoms with Crippen LogP contribution in [0.25, 0.3) is 21.1 Å². The molecule has 7 N–H and O–H groups in total. The molecule has 4 amide bonds. The topological polar surface area (TPSA) is 233 Å². The van der Waals surface area contributed by atoms with Gasteiger partial charge in [-0.25, -0.2) is 4.98 Å². The molecule has 0 bridgehead atoms. The lowest BCUT2D eigenvalue weighted by atomic mass is 10.2. The fourth-order valence-corrected chi connectivity index (χ4v) is 6.16. The Hall–Kier alpha value is -5.95. The average Bonchev–Trinajstić information content (AvgIpc) is 3.95. The van der Waals surface area contributed by atoms with E-state index >= 15 is 0 Å². The summed E-state index contributed by atoms with van der Waals surface area (Å²) < 4.78 is 1.81. The van der Waals surface area contributed by atoms with Crippen molar-refractivity contribution in [3.63, 3.8) is 0 Å². The van der Waals surface area contributed by atoms with Gasteiger partial charge in [0, 0.05) is 38.9 Å². The molecule has 0 unspecified atom stereocenters. The third-order valence-electron chi connectivity index (χ3n) is 7.05. The van der Waals surface area contributed by atoms with Crippen molar-refractivity contribution in [2.24, 2.45) is 0 Å². The molecule has 17 nitrogen and oxygen atoms in total. The zero-order valence-electron chi connectivity index (χ0n) is 25.9. The van der Waals surface area contributed by atoms with Gasteiger partial charge in [-0.3, -0.25) is 29.4 Å². The summed E-state index contributed by atoms with van der Waals surface area (Å²) in [5, 5.41) is 38.7. The van der Waals surface area contributed by atoms with Gasteiger partial charge in [-0.2, -0.15) is 25.6 Å². The first-order chi connectivity index (χ1) is 23.9. The summed E-state index contributed by atoms with van der Waals surface area (Å²) in [6.45, 7) is 1.97. The Morgan fingerprint density at radius 1 is 0.714 bits per heavy atom. The molecule has 6 aromatic heterocycles. The quantitative estimate of drug-likeness (QED) is 0.0731. The van der Waals surface area contributed by atoms with Crippen molar-refractivity contribution in [1.82, 2.24) is 66.6 Å². The highest BCUT2D eigenvalue weighted by Gasteiger charge is 2.15. The van der Waals surface area contributed by atoms with Gasteiger partial charge >= 0.3 is 0 Å². The number of aromatic nitrogens is 9. The van der Waals surface area contributed by atoms with Crippen LogP contribution in [0, 0.1) is 0 Å². The Labute approximate surface area is 286 Å². The van der Waals surface area contributed by atoms with Crippen LogP contribution in [0.5, 0.6) is 0 Å². The number of thiophene rings is 2. The third-order valence-corrected chi connectivity index (χ3v) is 8.97. The minimum Gasteiger partial charge on any atom is -0.351 e. The molecule has 0 saturated carbocycles. The van der Waals surface area contributed by atoms with Crippen molar-refractivity contribution < 1.29 is 19.2 Å². The normalized spacial score (nSPS) is 10.9. The fourth-order valence-electron chi connectivity index (χ4n) is 4.59. The van der Waals surface area contributed by atoms with Gasteiger partial charge in [-0.15, -0.1) is 22.7 Å². The molecule has 0 aliphatic rings. The predicted octanol–water partition coefficient (Wildman–Crippen LogP) is 2.05. The van der Waals surface area contributed by atoms with Crippen LogP contribution in [0.2, 0.25) is 0 Å². The first-order valence-electron chi connectivity index (χ1n) is 15.2. The Morgan fingerprint density at radius 2 is 1.33 bits per heavy atom. The monoisotopic (exact) mass is 701 g/mol. The standard InChI is InChI=1S/C30H31N13O4S2/c44-27(21-11-19(37-39-21)25-4-1-9-48-25)31-6-3-8-34-30(47)24-15-43(17-35-24)14-18-10-26(49-16-18)20-12-22(40-38-20)28(45)32-5-2-7-33-29(46)23-13-36-42-41-23/h1,4,9-13,15-17H,2-3,5-8,14H2,(H,31,44)(H,32,45)(H,33,46)(H,34,47)(H,37,39)(H,38,40)(H,36,41,42). The van der Waals surface area contributed by atoms with E-state index in [4.69, 9.17) is 0 Å². The molecule has 0 fully saturated rings. The zero-order valence-corrected chi connectivity index (χ0v) is 27.5. The van der Waals surface area contributed by atoms with Crippen molar-refractivity contribution in [3.05, 3.63) is 88.2 Å². The number of carbonyl (C=O) groups excluding carboxylic acids is 4. The number of rotatable bonds is 16. The van der Waals surface area contributed by atoms with E-state index in [0.717, 1.165) is 21.0 Å². The second-order valence-corrected chi connectivity index (χ2v) is 12.5.